The van der Waals surface area contributed by atoms with Crippen molar-refractivity contribution in [3.63, 3.8) is 0 Å². The number of hydrogen-bond acceptors (Lipinski definition) is 7. The van der Waals surface area contributed by atoms with Gasteiger partial charge in [-0.05, 0) is 18.2 Å². The Morgan fingerprint density at radius 1 is 1.19 bits per heavy atom. The van der Waals surface area contributed by atoms with E-state index >= 15 is 0 Å². The van der Waals surface area contributed by atoms with Crippen LogP contribution in [0.4, 0.5) is 18.9 Å². The highest BCUT2D eigenvalue weighted by Gasteiger charge is 2.37. The molecular weight excluding hydrogens is 427 g/mol. The number of esters is 2. The predicted molar refractivity (Wildman–Crippen MR) is 85.2 cm³/mol. The van der Waals surface area contributed by atoms with Gasteiger partial charge in [-0.25, -0.2) is 9.59 Å². The Kier molecular flexibility index (Phi) is 6.13. The Hall–Kier alpha value is -2.27. The molecule has 0 atom stereocenters. The molecule has 1 aliphatic heterocycles. The predicted octanol–water partition coefficient (Wildman–Crippen LogP) is 2.74. The molecule has 0 saturated carbocycles. The van der Waals surface area contributed by atoms with Gasteiger partial charge in [-0.2, -0.15) is 0 Å². The van der Waals surface area contributed by atoms with Crippen LogP contribution in [0.25, 0.3) is 0 Å². The Balaban J connectivity index is 2.63. The molecule has 0 aliphatic carbocycles. The fraction of sp³-hybridized carbons (Fsp3) is 0.333. The van der Waals surface area contributed by atoms with Crippen LogP contribution in [-0.2, 0) is 23.8 Å². The zero-order valence-electron chi connectivity index (χ0n) is 13.6. The van der Waals surface area contributed by atoms with Crippen LogP contribution in [0.3, 0.4) is 0 Å². The van der Waals surface area contributed by atoms with E-state index in [2.05, 4.69) is 30.1 Å². The summed E-state index contributed by atoms with van der Waals surface area (Å²) < 4.78 is 57.0. The first-order valence-corrected chi connectivity index (χ1v) is 7.77. The maximum atomic E-state index is 12.7. The fourth-order valence-corrected chi connectivity index (χ4v) is 2.60. The molecule has 0 bridgehead atoms. The van der Waals surface area contributed by atoms with Crippen molar-refractivity contribution in [3.05, 3.63) is 33.9 Å². The molecule has 11 heteroatoms. The molecule has 0 unspecified atom stereocenters. The van der Waals surface area contributed by atoms with Gasteiger partial charge in [0, 0.05) is 4.47 Å². The summed E-state index contributed by atoms with van der Waals surface area (Å²) in [5, 5.41) is 0. The summed E-state index contributed by atoms with van der Waals surface area (Å²) in [7, 11) is 2.17. The number of benzene rings is 1. The lowest BCUT2D eigenvalue weighted by Gasteiger charge is -2.32. The normalized spacial score (nSPS) is 14.9. The SMILES string of the molecule is COC(=O)C1=C(C(=O)OC)N(c2cc(Br)ccc2OC(F)(F)F)COC1. The van der Waals surface area contributed by atoms with Crippen LogP contribution >= 0.6 is 15.9 Å². The highest BCUT2D eigenvalue weighted by molar-refractivity contribution is 9.10. The van der Waals surface area contributed by atoms with Gasteiger partial charge in [0.2, 0.25) is 0 Å². The molecule has 1 heterocycles. The van der Waals surface area contributed by atoms with Gasteiger partial charge in [0.25, 0.3) is 0 Å². The molecule has 1 aromatic rings. The summed E-state index contributed by atoms with van der Waals surface area (Å²) in [5.41, 5.74) is -0.641. The Morgan fingerprint density at radius 2 is 1.85 bits per heavy atom. The minimum atomic E-state index is -4.96. The summed E-state index contributed by atoms with van der Waals surface area (Å²) >= 11 is 3.15. The molecule has 7 nitrogen and oxygen atoms in total. The lowest BCUT2D eigenvalue weighted by Crippen LogP contribution is -2.39. The molecule has 0 amide bonds. The third-order valence-corrected chi connectivity index (χ3v) is 3.76. The van der Waals surface area contributed by atoms with Crippen LogP contribution in [0.2, 0.25) is 0 Å². The highest BCUT2D eigenvalue weighted by Crippen LogP contribution is 2.38. The van der Waals surface area contributed by atoms with Crippen molar-refractivity contribution in [2.24, 2.45) is 0 Å². The third kappa shape index (κ3) is 4.47. The maximum absolute atomic E-state index is 12.7. The van der Waals surface area contributed by atoms with E-state index in [1.54, 1.807) is 0 Å². The van der Waals surface area contributed by atoms with Gasteiger partial charge in [-0.15, -0.1) is 13.2 Å². The van der Waals surface area contributed by atoms with Gasteiger partial charge < -0.3 is 23.8 Å². The Morgan fingerprint density at radius 3 is 2.42 bits per heavy atom. The van der Waals surface area contributed by atoms with Crippen molar-refractivity contribution in [2.45, 2.75) is 6.36 Å². The number of alkyl halides is 3. The van der Waals surface area contributed by atoms with E-state index in [0.29, 0.717) is 4.47 Å². The number of hydrogen-bond donors (Lipinski definition) is 0. The average Bonchev–Trinajstić information content (AvgIpc) is 2.60. The molecule has 2 rings (SSSR count). The lowest BCUT2D eigenvalue weighted by atomic mass is 10.1. The zero-order valence-corrected chi connectivity index (χ0v) is 15.1. The van der Waals surface area contributed by atoms with Crippen molar-refractivity contribution in [2.75, 3.05) is 32.5 Å². The van der Waals surface area contributed by atoms with Crippen LogP contribution in [0.15, 0.2) is 33.9 Å². The standard InChI is InChI=1S/C15H13BrF3NO6/c1-23-13(21)9-6-25-7-20(12(9)14(22)24-2)10-5-8(16)3-4-11(10)26-15(17,18)19/h3-5H,6-7H2,1-2H3. The van der Waals surface area contributed by atoms with E-state index in [1.807, 2.05) is 0 Å². The van der Waals surface area contributed by atoms with E-state index < -0.39 is 24.1 Å². The Bertz CT molecular complexity index is 749. The van der Waals surface area contributed by atoms with Crippen molar-refractivity contribution >= 4 is 33.6 Å². The maximum Gasteiger partial charge on any atom is 0.573 e. The van der Waals surface area contributed by atoms with Gasteiger partial charge >= 0.3 is 18.3 Å². The van der Waals surface area contributed by atoms with Crippen LogP contribution < -0.4 is 9.64 Å². The van der Waals surface area contributed by atoms with Gasteiger partial charge in [0.15, 0.2) is 5.75 Å². The minimum Gasteiger partial charge on any atom is -0.466 e. The summed E-state index contributed by atoms with van der Waals surface area (Å²) in [4.78, 5) is 25.2. The molecule has 0 spiro atoms. The molecule has 0 saturated heterocycles. The number of ether oxygens (including phenoxy) is 4. The second-order valence-corrected chi connectivity index (χ2v) is 5.79. The first-order chi connectivity index (χ1) is 12.2. The molecule has 1 aliphatic rings. The molecule has 0 N–H and O–H groups in total. The van der Waals surface area contributed by atoms with Crippen molar-refractivity contribution < 1.29 is 41.7 Å². The van der Waals surface area contributed by atoms with E-state index in [1.165, 1.54) is 12.1 Å². The molecule has 0 fully saturated rings. The highest BCUT2D eigenvalue weighted by atomic mass is 79.9. The van der Waals surface area contributed by atoms with E-state index in [4.69, 9.17) is 4.74 Å². The van der Waals surface area contributed by atoms with Gasteiger partial charge in [-0.3, -0.25) is 0 Å². The van der Waals surface area contributed by atoms with Crippen LogP contribution in [0, 0.1) is 0 Å². The van der Waals surface area contributed by atoms with Crippen LogP contribution in [-0.4, -0.2) is 45.9 Å². The molecule has 26 heavy (non-hydrogen) atoms. The van der Waals surface area contributed by atoms with Crippen molar-refractivity contribution in [1.29, 1.82) is 0 Å². The van der Waals surface area contributed by atoms with E-state index in [9.17, 15) is 22.8 Å². The van der Waals surface area contributed by atoms with Gasteiger partial charge in [-0.1, -0.05) is 15.9 Å². The van der Waals surface area contributed by atoms with E-state index in [0.717, 1.165) is 25.2 Å². The molecule has 0 radical (unpaired) electrons. The fourth-order valence-electron chi connectivity index (χ4n) is 2.25. The summed E-state index contributed by atoms with van der Waals surface area (Å²) in [5.74, 6) is -2.40. The Labute approximate surface area is 154 Å². The molecule has 0 aromatic heterocycles. The number of anilines is 1. The second-order valence-electron chi connectivity index (χ2n) is 4.88. The summed E-state index contributed by atoms with van der Waals surface area (Å²) in [6.45, 7) is -0.577. The lowest BCUT2D eigenvalue weighted by molar-refractivity contribution is -0.274. The smallest absolute Gasteiger partial charge is 0.466 e. The number of halogens is 4. The van der Waals surface area contributed by atoms with Gasteiger partial charge in [0.05, 0.1) is 32.1 Å². The number of rotatable bonds is 4. The molecule has 142 valence electrons. The van der Waals surface area contributed by atoms with Crippen molar-refractivity contribution in [1.82, 2.24) is 0 Å². The zero-order chi connectivity index (χ0) is 19.5. The first kappa shape index (κ1) is 20.0. The monoisotopic (exact) mass is 439 g/mol. The summed E-state index contributed by atoms with van der Waals surface area (Å²) in [6, 6.07) is 3.68. The van der Waals surface area contributed by atoms with Crippen LogP contribution in [0.1, 0.15) is 0 Å². The van der Waals surface area contributed by atoms with Crippen molar-refractivity contribution in [3.8, 4) is 5.75 Å². The number of nitrogens with zero attached hydrogens (tertiary/aromatic N) is 1. The third-order valence-electron chi connectivity index (χ3n) is 3.27. The first-order valence-electron chi connectivity index (χ1n) is 6.98. The number of methoxy groups -OCH3 is 2. The minimum absolute atomic E-state index is 0.154. The van der Waals surface area contributed by atoms with Gasteiger partial charge in [0.1, 0.15) is 12.4 Å². The van der Waals surface area contributed by atoms with E-state index in [-0.39, 0.29) is 30.3 Å². The number of carbonyl (C=O) groups excluding carboxylic acids is 2. The quantitative estimate of drug-likeness (QED) is 0.667. The summed E-state index contributed by atoms with van der Waals surface area (Å²) in [6.07, 6.45) is -4.96. The topological polar surface area (TPSA) is 74.3 Å². The second kappa shape index (κ2) is 7.96. The molecular formula is C15H13BrF3NO6. The number of carbonyl (C=O) groups is 2. The molecule has 1 aromatic carbocycles. The average molecular weight is 440 g/mol. The van der Waals surface area contributed by atoms with Crippen LogP contribution in [0.5, 0.6) is 5.75 Å². The largest absolute Gasteiger partial charge is 0.573 e.